The number of esters is 1. The van der Waals surface area contributed by atoms with Crippen LogP contribution in [0, 0.1) is 5.92 Å². The third kappa shape index (κ3) is 14.1. The van der Waals surface area contributed by atoms with Gasteiger partial charge in [0.25, 0.3) is 5.91 Å². The molecule has 0 aromatic rings. The first-order valence-electron chi connectivity index (χ1n) is 12.1. The van der Waals surface area contributed by atoms with Crippen molar-refractivity contribution in [3.8, 4) is 0 Å². The Labute approximate surface area is 189 Å². The van der Waals surface area contributed by atoms with Crippen molar-refractivity contribution >= 4 is 18.2 Å². The summed E-state index contributed by atoms with van der Waals surface area (Å²) < 4.78 is 5.27. The van der Waals surface area contributed by atoms with E-state index >= 15 is 0 Å². The fraction of sp³-hybridized carbons (Fsp3) is 0.800. The molecule has 0 aromatic heterocycles. The van der Waals surface area contributed by atoms with Gasteiger partial charge < -0.3 is 20.4 Å². The van der Waals surface area contributed by atoms with Crippen LogP contribution in [0.2, 0.25) is 0 Å². The van der Waals surface area contributed by atoms with Crippen molar-refractivity contribution in [2.75, 3.05) is 0 Å². The zero-order valence-corrected chi connectivity index (χ0v) is 19.8. The predicted molar refractivity (Wildman–Crippen MR) is 124 cm³/mol. The fourth-order valence-electron chi connectivity index (χ4n) is 3.99. The zero-order valence-electron chi connectivity index (χ0n) is 19.8. The third-order valence-corrected chi connectivity index (χ3v) is 5.81. The van der Waals surface area contributed by atoms with Gasteiger partial charge in [0.15, 0.2) is 5.60 Å². The maximum Gasteiger partial charge on any atom is 0.331 e. The van der Waals surface area contributed by atoms with Gasteiger partial charge in [-0.2, -0.15) is 0 Å². The van der Waals surface area contributed by atoms with E-state index in [1.807, 2.05) is 0 Å². The lowest BCUT2D eigenvalue weighted by atomic mass is 9.88. The van der Waals surface area contributed by atoms with Gasteiger partial charge in [0.1, 0.15) is 6.29 Å². The smallest absolute Gasteiger partial charge is 0.331 e. The number of ether oxygens (including phenoxy) is 1. The van der Waals surface area contributed by atoms with Crippen LogP contribution >= 0.6 is 0 Å². The van der Waals surface area contributed by atoms with Gasteiger partial charge in [-0.1, -0.05) is 77.7 Å². The number of primary amides is 1. The van der Waals surface area contributed by atoms with Crippen LogP contribution in [0.5, 0.6) is 0 Å². The standard InChI is InChI=1S/C25H45NO5/c1-4-6-7-8-10-13-16-22(20-27)17-14-11-9-12-15-18-25(24(26)30,19-21(3)28)31-23(29)5-2/h5,20-22,28H,2,4,6-19H2,1,3H3,(H2,26,30). The molecule has 0 bridgehead atoms. The molecule has 3 unspecified atom stereocenters. The molecule has 6 nitrogen and oxygen atoms in total. The molecule has 31 heavy (non-hydrogen) atoms. The van der Waals surface area contributed by atoms with Gasteiger partial charge >= 0.3 is 5.97 Å². The summed E-state index contributed by atoms with van der Waals surface area (Å²) in [5.41, 5.74) is 4.01. The van der Waals surface area contributed by atoms with Crippen molar-refractivity contribution in [1.29, 1.82) is 0 Å². The monoisotopic (exact) mass is 439 g/mol. The number of nitrogens with two attached hydrogens (primary N) is 1. The van der Waals surface area contributed by atoms with Gasteiger partial charge in [0.2, 0.25) is 0 Å². The SMILES string of the molecule is C=CC(=O)OC(CCCCCCCC(C=O)CCCCCCCC)(CC(C)O)C(N)=O. The van der Waals surface area contributed by atoms with Crippen LogP contribution in [0.4, 0.5) is 0 Å². The van der Waals surface area contributed by atoms with Crippen LogP contribution in [-0.4, -0.2) is 35.0 Å². The molecule has 0 spiro atoms. The number of carbonyl (C=O) groups is 3. The van der Waals surface area contributed by atoms with Crippen molar-refractivity contribution in [2.45, 2.75) is 122 Å². The molecule has 0 aromatic carbocycles. The van der Waals surface area contributed by atoms with Crippen molar-refractivity contribution in [2.24, 2.45) is 11.7 Å². The van der Waals surface area contributed by atoms with Crippen molar-refractivity contribution < 1.29 is 24.2 Å². The lowest BCUT2D eigenvalue weighted by Gasteiger charge is -2.31. The molecule has 0 fully saturated rings. The molecular weight excluding hydrogens is 394 g/mol. The Morgan fingerprint density at radius 2 is 1.52 bits per heavy atom. The van der Waals surface area contributed by atoms with Crippen LogP contribution in [0.15, 0.2) is 12.7 Å². The van der Waals surface area contributed by atoms with E-state index < -0.39 is 23.6 Å². The van der Waals surface area contributed by atoms with Crippen LogP contribution < -0.4 is 5.73 Å². The van der Waals surface area contributed by atoms with Gasteiger partial charge in [-0.25, -0.2) is 4.79 Å². The Morgan fingerprint density at radius 3 is 1.97 bits per heavy atom. The Hall–Kier alpha value is -1.69. The summed E-state index contributed by atoms with van der Waals surface area (Å²) in [7, 11) is 0. The number of aliphatic hydroxyl groups excluding tert-OH is 1. The number of aliphatic hydroxyl groups is 1. The molecule has 0 rings (SSSR count). The van der Waals surface area contributed by atoms with Crippen LogP contribution in [-0.2, 0) is 19.1 Å². The van der Waals surface area contributed by atoms with E-state index in [0.717, 1.165) is 57.3 Å². The highest BCUT2D eigenvalue weighted by Gasteiger charge is 2.40. The molecule has 0 saturated heterocycles. The van der Waals surface area contributed by atoms with Gasteiger partial charge in [-0.05, 0) is 32.6 Å². The van der Waals surface area contributed by atoms with E-state index in [4.69, 9.17) is 10.5 Å². The summed E-state index contributed by atoms with van der Waals surface area (Å²) in [5, 5.41) is 9.73. The summed E-state index contributed by atoms with van der Waals surface area (Å²) >= 11 is 0. The summed E-state index contributed by atoms with van der Waals surface area (Å²) in [4.78, 5) is 35.0. The average Bonchev–Trinajstić information content (AvgIpc) is 2.72. The second-order valence-electron chi connectivity index (χ2n) is 8.80. The first kappa shape index (κ1) is 29.3. The minimum atomic E-state index is -1.50. The predicted octanol–water partition coefficient (Wildman–Crippen LogP) is 5.01. The molecule has 0 saturated carbocycles. The quantitative estimate of drug-likeness (QED) is 0.113. The number of amides is 1. The fourth-order valence-corrected chi connectivity index (χ4v) is 3.99. The summed E-state index contributed by atoms with van der Waals surface area (Å²) in [6.45, 7) is 7.10. The number of hydrogen-bond donors (Lipinski definition) is 2. The Kier molecular flexibility index (Phi) is 17.0. The Morgan fingerprint density at radius 1 is 1.00 bits per heavy atom. The normalized spacial score (nSPS) is 14.9. The Bertz CT molecular complexity index is 520. The molecule has 0 radical (unpaired) electrons. The molecule has 0 aliphatic heterocycles. The molecule has 180 valence electrons. The van der Waals surface area contributed by atoms with E-state index in [1.54, 1.807) is 0 Å². The molecule has 0 aliphatic carbocycles. The highest BCUT2D eigenvalue weighted by atomic mass is 16.6. The number of carbonyl (C=O) groups excluding carboxylic acids is 3. The number of rotatable bonds is 21. The molecule has 3 atom stereocenters. The van der Waals surface area contributed by atoms with Gasteiger partial charge in [-0.15, -0.1) is 0 Å². The highest BCUT2D eigenvalue weighted by Crippen LogP contribution is 2.27. The zero-order chi connectivity index (χ0) is 23.5. The van der Waals surface area contributed by atoms with Crippen LogP contribution in [0.1, 0.15) is 110 Å². The van der Waals surface area contributed by atoms with Crippen molar-refractivity contribution in [3.05, 3.63) is 12.7 Å². The minimum Gasteiger partial charge on any atom is -0.446 e. The molecule has 3 N–H and O–H groups in total. The van der Waals surface area contributed by atoms with Gasteiger partial charge in [-0.3, -0.25) is 4.79 Å². The van der Waals surface area contributed by atoms with Gasteiger partial charge in [0, 0.05) is 18.4 Å². The Balaban J connectivity index is 4.19. The van der Waals surface area contributed by atoms with Gasteiger partial charge in [0.05, 0.1) is 6.10 Å². The highest BCUT2D eigenvalue weighted by molar-refractivity contribution is 5.89. The van der Waals surface area contributed by atoms with Crippen LogP contribution in [0.3, 0.4) is 0 Å². The number of unbranched alkanes of at least 4 members (excludes halogenated alkanes) is 9. The molecular formula is C25H45NO5. The second kappa shape index (κ2) is 17.9. The largest absolute Gasteiger partial charge is 0.446 e. The van der Waals surface area contributed by atoms with Crippen molar-refractivity contribution in [3.63, 3.8) is 0 Å². The lowest BCUT2D eigenvalue weighted by molar-refractivity contribution is -0.167. The van der Waals surface area contributed by atoms with E-state index in [1.165, 1.54) is 39.0 Å². The lowest BCUT2D eigenvalue weighted by Crippen LogP contribution is -2.49. The maximum absolute atomic E-state index is 12.0. The number of aldehydes is 1. The summed E-state index contributed by atoms with van der Waals surface area (Å²) in [6.07, 6.45) is 15.5. The molecule has 0 aliphatic rings. The molecule has 6 heteroatoms. The molecule has 1 amide bonds. The van der Waals surface area contributed by atoms with E-state index in [2.05, 4.69) is 13.5 Å². The first-order valence-corrected chi connectivity index (χ1v) is 12.1. The summed E-state index contributed by atoms with van der Waals surface area (Å²) in [6, 6.07) is 0. The second-order valence-corrected chi connectivity index (χ2v) is 8.80. The number of hydrogen-bond acceptors (Lipinski definition) is 5. The average molecular weight is 440 g/mol. The summed E-state index contributed by atoms with van der Waals surface area (Å²) in [5.74, 6) is -1.30. The first-order chi connectivity index (χ1) is 14.8. The minimum absolute atomic E-state index is 0.0264. The maximum atomic E-state index is 12.0. The van der Waals surface area contributed by atoms with Crippen molar-refractivity contribution in [1.82, 2.24) is 0 Å². The van der Waals surface area contributed by atoms with E-state index in [0.29, 0.717) is 6.42 Å². The van der Waals surface area contributed by atoms with E-state index in [-0.39, 0.29) is 18.8 Å². The van der Waals surface area contributed by atoms with E-state index in [9.17, 15) is 19.5 Å². The molecule has 0 heterocycles. The van der Waals surface area contributed by atoms with Crippen LogP contribution in [0.25, 0.3) is 0 Å². The topological polar surface area (TPSA) is 107 Å². The third-order valence-electron chi connectivity index (χ3n) is 5.81.